The molecule has 1 atom stereocenters. The van der Waals surface area contributed by atoms with Gasteiger partial charge in [0.25, 0.3) is 0 Å². The van der Waals surface area contributed by atoms with Crippen LogP contribution in [0.15, 0.2) is 48.5 Å². The fourth-order valence-corrected chi connectivity index (χ4v) is 1.85. The molecule has 2 aromatic rings. The van der Waals surface area contributed by atoms with E-state index in [0.29, 0.717) is 6.61 Å². The fourth-order valence-electron chi connectivity index (χ4n) is 1.85. The van der Waals surface area contributed by atoms with Crippen LogP contribution in [0.25, 0.3) is 0 Å². The van der Waals surface area contributed by atoms with Crippen LogP contribution in [-0.2, 0) is 0 Å². The molecule has 0 spiro atoms. The van der Waals surface area contributed by atoms with E-state index < -0.39 is 0 Å². The van der Waals surface area contributed by atoms with Crippen LogP contribution in [0.5, 0.6) is 17.2 Å². The minimum atomic E-state index is -0.212. The maximum atomic E-state index is 6.13. The van der Waals surface area contributed by atoms with Crippen LogP contribution in [0, 0.1) is 0 Å². The Kier molecular flexibility index (Phi) is 4.85. The summed E-state index contributed by atoms with van der Waals surface area (Å²) in [7, 11) is 3.26. The molecule has 0 aliphatic rings. The summed E-state index contributed by atoms with van der Waals surface area (Å²) in [5.41, 5.74) is 7.10. The number of rotatable bonds is 6. The Balaban J connectivity index is 1.98. The van der Waals surface area contributed by atoms with Crippen molar-refractivity contribution in [1.82, 2.24) is 0 Å². The second kappa shape index (κ2) is 6.82. The highest BCUT2D eigenvalue weighted by Crippen LogP contribution is 2.21. The summed E-state index contributed by atoms with van der Waals surface area (Å²) in [6.45, 7) is 0.389. The molecule has 0 saturated heterocycles. The molecule has 0 bridgehead atoms. The van der Waals surface area contributed by atoms with Crippen molar-refractivity contribution in [3.05, 3.63) is 54.1 Å². The topological polar surface area (TPSA) is 53.7 Å². The number of methoxy groups -OCH3 is 2. The van der Waals surface area contributed by atoms with E-state index >= 15 is 0 Å². The van der Waals surface area contributed by atoms with E-state index in [9.17, 15) is 0 Å². The van der Waals surface area contributed by atoms with Gasteiger partial charge in [0.05, 0.1) is 20.3 Å². The van der Waals surface area contributed by atoms with E-state index in [1.54, 1.807) is 14.2 Å². The van der Waals surface area contributed by atoms with Crippen molar-refractivity contribution in [2.24, 2.45) is 5.73 Å². The summed E-state index contributed by atoms with van der Waals surface area (Å²) >= 11 is 0. The van der Waals surface area contributed by atoms with Gasteiger partial charge in [-0.2, -0.15) is 0 Å². The number of ether oxygens (including phenoxy) is 3. The lowest BCUT2D eigenvalue weighted by Crippen LogP contribution is -2.19. The molecule has 0 radical (unpaired) electrons. The van der Waals surface area contributed by atoms with Gasteiger partial charge in [0.2, 0.25) is 0 Å². The Morgan fingerprint density at radius 2 is 1.50 bits per heavy atom. The highest BCUT2D eigenvalue weighted by atomic mass is 16.5. The smallest absolute Gasteiger partial charge is 0.123 e. The van der Waals surface area contributed by atoms with Gasteiger partial charge in [-0.05, 0) is 29.8 Å². The maximum absolute atomic E-state index is 6.13. The first kappa shape index (κ1) is 14.2. The van der Waals surface area contributed by atoms with Crippen molar-refractivity contribution in [3.8, 4) is 17.2 Å². The highest BCUT2D eigenvalue weighted by molar-refractivity contribution is 5.33. The van der Waals surface area contributed by atoms with Gasteiger partial charge in [-0.1, -0.05) is 18.2 Å². The molecular weight excluding hydrogens is 254 g/mol. The molecule has 2 N–H and O–H groups in total. The molecule has 0 aliphatic carbocycles. The van der Waals surface area contributed by atoms with E-state index in [0.717, 1.165) is 22.8 Å². The van der Waals surface area contributed by atoms with Gasteiger partial charge in [0, 0.05) is 6.07 Å². The number of benzene rings is 2. The third-order valence-corrected chi connectivity index (χ3v) is 2.99. The summed E-state index contributed by atoms with van der Waals surface area (Å²) in [6, 6.07) is 14.9. The largest absolute Gasteiger partial charge is 0.497 e. The van der Waals surface area contributed by atoms with Gasteiger partial charge in [0.15, 0.2) is 0 Å². The summed E-state index contributed by atoms with van der Waals surface area (Å²) < 4.78 is 16.0. The molecule has 1 unspecified atom stereocenters. The summed E-state index contributed by atoms with van der Waals surface area (Å²) in [6.07, 6.45) is 0. The lowest BCUT2D eigenvalue weighted by atomic mass is 10.1. The molecule has 0 amide bonds. The molecule has 20 heavy (non-hydrogen) atoms. The van der Waals surface area contributed by atoms with E-state index in [2.05, 4.69) is 0 Å². The lowest BCUT2D eigenvalue weighted by Gasteiger charge is -2.14. The first-order valence-electron chi connectivity index (χ1n) is 6.39. The van der Waals surface area contributed by atoms with Crippen LogP contribution < -0.4 is 19.9 Å². The van der Waals surface area contributed by atoms with Crippen LogP contribution in [0.3, 0.4) is 0 Å². The van der Waals surface area contributed by atoms with Crippen molar-refractivity contribution >= 4 is 0 Å². The third kappa shape index (κ3) is 3.65. The van der Waals surface area contributed by atoms with E-state index in [-0.39, 0.29) is 6.04 Å². The number of nitrogens with two attached hydrogens (primary N) is 1. The monoisotopic (exact) mass is 273 g/mol. The normalized spacial score (nSPS) is 11.8. The molecule has 0 saturated carbocycles. The average Bonchev–Trinajstić information content (AvgIpc) is 2.52. The van der Waals surface area contributed by atoms with Gasteiger partial charge in [-0.15, -0.1) is 0 Å². The van der Waals surface area contributed by atoms with Crippen LogP contribution >= 0.6 is 0 Å². The molecule has 106 valence electrons. The van der Waals surface area contributed by atoms with Gasteiger partial charge in [0.1, 0.15) is 23.9 Å². The van der Waals surface area contributed by atoms with Crippen molar-refractivity contribution in [2.75, 3.05) is 20.8 Å². The Morgan fingerprint density at radius 1 is 0.900 bits per heavy atom. The second-order valence-electron chi connectivity index (χ2n) is 4.37. The van der Waals surface area contributed by atoms with Gasteiger partial charge < -0.3 is 19.9 Å². The number of hydrogen-bond donors (Lipinski definition) is 1. The zero-order chi connectivity index (χ0) is 14.4. The minimum absolute atomic E-state index is 0.212. The zero-order valence-electron chi connectivity index (χ0n) is 11.7. The van der Waals surface area contributed by atoms with Crippen LogP contribution in [-0.4, -0.2) is 20.8 Å². The molecule has 0 fully saturated rings. The Hall–Kier alpha value is -2.20. The SMILES string of the molecule is COc1cccc(OCC(N)c2cccc(OC)c2)c1. The Morgan fingerprint density at radius 3 is 2.20 bits per heavy atom. The van der Waals surface area contributed by atoms with Crippen molar-refractivity contribution in [2.45, 2.75) is 6.04 Å². The Labute approximate surface area is 119 Å². The van der Waals surface area contributed by atoms with Crippen molar-refractivity contribution < 1.29 is 14.2 Å². The Bertz CT molecular complexity index is 557. The van der Waals surface area contributed by atoms with Gasteiger partial charge in [-0.3, -0.25) is 0 Å². The second-order valence-corrected chi connectivity index (χ2v) is 4.37. The molecule has 4 nitrogen and oxygen atoms in total. The van der Waals surface area contributed by atoms with Crippen molar-refractivity contribution in [3.63, 3.8) is 0 Å². The molecule has 2 rings (SSSR count). The molecule has 0 aromatic heterocycles. The highest BCUT2D eigenvalue weighted by Gasteiger charge is 2.08. The summed E-state index contributed by atoms with van der Waals surface area (Å²) in [5.74, 6) is 2.29. The predicted octanol–water partition coefficient (Wildman–Crippen LogP) is 2.78. The lowest BCUT2D eigenvalue weighted by molar-refractivity contribution is 0.288. The molecular formula is C16H19NO3. The summed E-state index contributed by atoms with van der Waals surface area (Å²) in [4.78, 5) is 0. The first-order chi connectivity index (χ1) is 9.72. The van der Waals surface area contributed by atoms with Gasteiger partial charge >= 0.3 is 0 Å². The van der Waals surface area contributed by atoms with Crippen LogP contribution in [0.2, 0.25) is 0 Å². The molecule has 4 heteroatoms. The van der Waals surface area contributed by atoms with Crippen LogP contribution in [0.4, 0.5) is 0 Å². The maximum Gasteiger partial charge on any atom is 0.123 e. The summed E-state index contributed by atoms with van der Waals surface area (Å²) in [5, 5.41) is 0. The zero-order valence-corrected chi connectivity index (χ0v) is 11.7. The van der Waals surface area contributed by atoms with Crippen LogP contribution in [0.1, 0.15) is 11.6 Å². The average molecular weight is 273 g/mol. The quantitative estimate of drug-likeness (QED) is 0.879. The molecule has 0 heterocycles. The first-order valence-corrected chi connectivity index (χ1v) is 6.39. The third-order valence-electron chi connectivity index (χ3n) is 2.99. The van der Waals surface area contributed by atoms with Crippen molar-refractivity contribution in [1.29, 1.82) is 0 Å². The van der Waals surface area contributed by atoms with Gasteiger partial charge in [-0.25, -0.2) is 0 Å². The predicted molar refractivity (Wildman–Crippen MR) is 78.4 cm³/mol. The molecule has 2 aromatic carbocycles. The van der Waals surface area contributed by atoms with E-state index in [1.807, 2.05) is 48.5 Å². The fraction of sp³-hybridized carbons (Fsp3) is 0.250. The minimum Gasteiger partial charge on any atom is -0.497 e. The standard InChI is InChI=1S/C16H19NO3/c1-18-13-6-3-5-12(9-13)16(17)11-20-15-8-4-7-14(10-15)19-2/h3-10,16H,11,17H2,1-2H3. The molecule has 0 aliphatic heterocycles. The number of hydrogen-bond acceptors (Lipinski definition) is 4. The van der Waals surface area contributed by atoms with E-state index in [4.69, 9.17) is 19.9 Å². The van der Waals surface area contributed by atoms with E-state index in [1.165, 1.54) is 0 Å².